The standard InChI is InChI=1S/C23H20ClN3O2S2/c1-14(2)27-22(28)20(31-23(27)30)12-16-13-26(17-7-5-4-6-8-17)25-21(16)15-9-10-19(29-3)18(24)11-15/h4-14H,1-3H3/b20-12-. The molecule has 158 valence electrons. The summed E-state index contributed by atoms with van der Waals surface area (Å²) in [4.78, 5) is 15.1. The number of aromatic nitrogens is 2. The van der Waals surface area contributed by atoms with Crippen LogP contribution in [-0.2, 0) is 4.79 Å². The van der Waals surface area contributed by atoms with Gasteiger partial charge in [-0.05, 0) is 50.3 Å². The lowest BCUT2D eigenvalue weighted by atomic mass is 10.1. The highest BCUT2D eigenvalue weighted by atomic mass is 35.5. The number of methoxy groups -OCH3 is 1. The van der Waals surface area contributed by atoms with E-state index in [0.29, 0.717) is 25.7 Å². The molecule has 2 heterocycles. The van der Waals surface area contributed by atoms with Crippen molar-refractivity contribution in [1.29, 1.82) is 0 Å². The minimum Gasteiger partial charge on any atom is -0.495 e. The molecule has 2 aromatic carbocycles. The summed E-state index contributed by atoms with van der Waals surface area (Å²) in [6, 6.07) is 15.3. The van der Waals surface area contributed by atoms with Crippen LogP contribution in [0.25, 0.3) is 23.0 Å². The van der Waals surface area contributed by atoms with E-state index < -0.39 is 0 Å². The zero-order valence-electron chi connectivity index (χ0n) is 17.2. The maximum Gasteiger partial charge on any atom is 0.266 e. The van der Waals surface area contributed by atoms with Gasteiger partial charge in [0.05, 0.1) is 22.7 Å². The molecule has 4 rings (SSSR count). The lowest BCUT2D eigenvalue weighted by Crippen LogP contribution is -2.34. The molecule has 31 heavy (non-hydrogen) atoms. The molecular weight excluding hydrogens is 450 g/mol. The number of amides is 1. The van der Waals surface area contributed by atoms with Crippen LogP contribution in [0.15, 0.2) is 59.6 Å². The average molecular weight is 470 g/mol. The van der Waals surface area contributed by atoms with Gasteiger partial charge in [0.1, 0.15) is 15.8 Å². The lowest BCUT2D eigenvalue weighted by molar-refractivity contribution is -0.123. The second-order valence-electron chi connectivity index (χ2n) is 7.21. The van der Waals surface area contributed by atoms with Gasteiger partial charge < -0.3 is 4.74 Å². The van der Waals surface area contributed by atoms with Crippen LogP contribution in [0.2, 0.25) is 5.02 Å². The third-order valence-electron chi connectivity index (χ3n) is 4.82. The van der Waals surface area contributed by atoms with Gasteiger partial charge in [-0.1, -0.05) is 53.8 Å². The Morgan fingerprint density at radius 1 is 1.19 bits per heavy atom. The van der Waals surface area contributed by atoms with E-state index in [2.05, 4.69) is 0 Å². The van der Waals surface area contributed by atoms with Crippen molar-refractivity contribution in [2.24, 2.45) is 0 Å². The second kappa shape index (κ2) is 8.86. The SMILES string of the molecule is COc1ccc(-c2nn(-c3ccccc3)cc2/C=C2\SC(=S)N(C(C)C)C2=O)cc1Cl. The quantitative estimate of drug-likeness (QED) is 0.348. The Kier molecular flexibility index (Phi) is 6.18. The molecule has 0 aliphatic carbocycles. The van der Waals surface area contributed by atoms with Gasteiger partial charge in [0.2, 0.25) is 0 Å². The number of rotatable bonds is 5. The first-order valence-electron chi connectivity index (χ1n) is 9.65. The molecule has 3 aromatic rings. The molecule has 0 N–H and O–H groups in total. The van der Waals surface area contributed by atoms with Gasteiger partial charge in [-0.15, -0.1) is 0 Å². The van der Waals surface area contributed by atoms with Gasteiger partial charge in [0, 0.05) is 23.4 Å². The smallest absolute Gasteiger partial charge is 0.266 e. The van der Waals surface area contributed by atoms with Gasteiger partial charge in [-0.2, -0.15) is 5.10 Å². The minimum atomic E-state index is -0.0869. The predicted octanol–water partition coefficient (Wildman–Crippen LogP) is 5.81. The molecule has 0 radical (unpaired) electrons. The van der Waals surface area contributed by atoms with Gasteiger partial charge in [-0.25, -0.2) is 4.68 Å². The molecule has 1 aliphatic heterocycles. The highest BCUT2D eigenvalue weighted by molar-refractivity contribution is 8.26. The van der Waals surface area contributed by atoms with E-state index in [1.54, 1.807) is 22.8 Å². The Morgan fingerprint density at radius 3 is 2.55 bits per heavy atom. The van der Waals surface area contributed by atoms with Crippen LogP contribution < -0.4 is 4.74 Å². The van der Waals surface area contributed by atoms with Crippen LogP contribution in [0.3, 0.4) is 0 Å². The first-order chi connectivity index (χ1) is 14.9. The zero-order chi connectivity index (χ0) is 22.1. The van der Waals surface area contributed by atoms with E-state index in [9.17, 15) is 4.79 Å². The number of benzene rings is 2. The first kappa shape index (κ1) is 21.6. The molecule has 1 amide bonds. The Morgan fingerprint density at radius 2 is 1.94 bits per heavy atom. The molecule has 0 unspecified atom stereocenters. The second-order valence-corrected chi connectivity index (χ2v) is 9.29. The van der Waals surface area contributed by atoms with Crippen LogP contribution in [-0.4, -0.2) is 38.1 Å². The van der Waals surface area contributed by atoms with Crippen LogP contribution in [0, 0.1) is 0 Å². The molecule has 0 spiro atoms. The van der Waals surface area contributed by atoms with Crippen LogP contribution >= 0.6 is 35.6 Å². The zero-order valence-corrected chi connectivity index (χ0v) is 19.6. The number of ether oxygens (including phenoxy) is 1. The van der Waals surface area contributed by atoms with E-state index >= 15 is 0 Å². The van der Waals surface area contributed by atoms with Gasteiger partial charge >= 0.3 is 0 Å². The third-order valence-corrected chi connectivity index (χ3v) is 6.44. The van der Waals surface area contributed by atoms with Crippen molar-refractivity contribution in [1.82, 2.24) is 14.7 Å². The maximum atomic E-state index is 12.9. The van der Waals surface area contributed by atoms with Crippen molar-refractivity contribution < 1.29 is 9.53 Å². The lowest BCUT2D eigenvalue weighted by Gasteiger charge is -2.18. The van der Waals surface area contributed by atoms with Crippen molar-refractivity contribution in [2.45, 2.75) is 19.9 Å². The van der Waals surface area contributed by atoms with E-state index in [-0.39, 0.29) is 11.9 Å². The number of nitrogens with zero attached hydrogens (tertiary/aromatic N) is 3. The van der Waals surface area contributed by atoms with Crippen molar-refractivity contribution >= 4 is 51.9 Å². The molecule has 0 bridgehead atoms. The molecule has 0 atom stereocenters. The molecular formula is C23H20ClN3O2S2. The summed E-state index contributed by atoms with van der Waals surface area (Å²) in [5.41, 5.74) is 3.25. The molecule has 0 saturated carbocycles. The number of hydrogen-bond donors (Lipinski definition) is 0. The molecule has 8 heteroatoms. The number of halogens is 1. The monoisotopic (exact) mass is 469 g/mol. The fraction of sp³-hybridized carbons (Fsp3) is 0.174. The topological polar surface area (TPSA) is 47.4 Å². The summed E-state index contributed by atoms with van der Waals surface area (Å²) in [5, 5.41) is 5.29. The maximum absolute atomic E-state index is 12.9. The Labute approximate surface area is 195 Å². The van der Waals surface area contributed by atoms with Gasteiger partial charge in [-0.3, -0.25) is 9.69 Å². The molecule has 1 aliphatic rings. The fourth-order valence-corrected chi connectivity index (χ4v) is 5.08. The fourth-order valence-electron chi connectivity index (χ4n) is 3.31. The summed E-state index contributed by atoms with van der Waals surface area (Å²) < 4.78 is 7.63. The van der Waals surface area contributed by atoms with Crippen molar-refractivity contribution in [3.8, 4) is 22.7 Å². The summed E-state index contributed by atoms with van der Waals surface area (Å²) in [7, 11) is 1.58. The first-order valence-corrected chi connectivity index (χ1v) is 11.3. The number of carbonyl (C=O) groups is 1. The minimum absolute atomic E-state index is 0.00491. The molecule has 1 fully saturated rings. The summed E-state index contributed by atoms with van der Waals surface area (Å²) in [6.07, 6.45) is 3.76. The Bertz CT molecular complexity index is 1190. The van der Waals surface area contributed by atoms with E-state index in [1.807, 2.05) is 68.6 Å². The molecule has 1 saturated heterocycles. The summed E-state index contributed by atoms with van der Waals surface area (Å²) in [5.74, 6) is 0.503. The average Bonchev–Trinajstić information content (AvgIpc) is 3.29. The molecule has 1 aromatic heterocycles. The highest BCUT2D eigenvalue weighted by Crippen LogP contribution is 2.37. The number of para-hydroxylation sites is 1. The van der Waals surface area contributed by atoms with Crippen molar-refractivity contribution in [3.05, 3.63) is 70.2 Å². The van der Waals surface area contributed by atoms with Crippen molar-refractivity contribution in [3.63, 3.8) is 0 Å². The van der Waals surface area contributed by atoms with Gasteiger partial charge in [0.15, 0.2) is 0 Å². The number of thiocarbonyl (C=S) groups is 1. The normalized spacial score (nSPS) is 15.4. The van der Waals surface area contributed by atoms with E-state index in [4.69, 9.17) is 33.7 Å². The molecule has 5 nitrogen and oxygen atoms in total. The van der Waals surface area contributed by atoms with E-state index in [1.165, 1.54) is 11.8 Å². The number of thioether (sulfide) groups is 1. The summed E-state index contributed by atoms with van der Waals surface area (Å²) in [6.45, 7) is 3.90. The van der Waals surface area contributed by atoms with Gasteiger partial charge in [0.25, 0.3) is 5.91 Å². The van der Waals surface area contributed by atoms with Crippen molar-refractivity contribution in [2.75, 3.05) is 7.11 Å². The van der Waals surface area contributed by atoms with Crippen LogP contribution in [0.4, 0.5) is 0 Å². The van der Waals surface area contributed by atoms with Crippen LogP contribution in [0.5, 0.6) is 5.75 Å². The predicted molar refractivity (Wildman–Crippen MR) is 131 cm³/mol. The number of hydrogen-bond acceptors (Lipinski definition) is 5. The van der Waals surface area contributed by atoms with Crippen LogP contribution in [0.1, 0.15) is 19.4 Å². The highest BCUT2D eigenvalue weighted by Gasteiger charge is 2.34. The Balaban J connectivity index is 1.83. The largest absolute Gasteiger partial charge is 0.495 e. The summed E-state index contributed by atoms with van der Waals surface area (Å²) >= 11 is 13.1. The third kappa shape index (κ3) is 4.26. The Hall–Kier alpha value is -2.61. The van der Waals surface area contributed by atoms with E-state index in [0.717, 1.165) is 16.8 Å². The number of carbonyl (C=O) groups excluding carboxylic acids is 1.